The highest BCUT2D eigenvalue weighted by Gasteiger charge is 2.13. The number of amides is 1. The summed E-state index contributed by atoms with van der Waals surface area (Å²) >= 11 is 3.05. The molecule has 8 heteroatoms. The molecule has 2 N–H and O–H groups in total. The number of carbonyl (C=O) groups excluding carboxylic acids is 1. The lowest BCUT2D eigenvalue weighted by Crippen LogP contribution is -2.41. The third-order valence-corrected chi connectivity index (χ3v) is 4.49. The Morgan fingerprint density at radius 2 is 2.43 bits per heavy atom. The first kappa shape index (κ1) is 16.0. The molecule has 2 heterocycles. The van der Waals surface area contributed by atoms with Crippen molar-refractivity contribution in [1.82, 2.24) is 14.9 Å². The molecule has 21 heavy (non-hydrogen) atoms. The minimum absolute atomic E-state index is 0.0899. The summed E-state index contributed by atoms with van der Waals surface area (Å²) in [5, 5.41) is 14.3. The molecule has 0 fully saturated rings. The molecular weight excluding hydrogens is 310 g/mol. The summed E-state index contributed by atoms with van der Waals surface area (Å²) in [5.41, 5.74) is -0.221. The van der Waals surface area contributed by atoms with Gasteiger partial charge in [-0.15, -0.1) is 11.3 Å². The summed E-state index contributed by atoms with van der Waals surface area (Å²) in [5.74, 6) is 0.557. The van der Waals surface area contributed by atoms with Gasteiger partial charge in [0.15, 0.2) is 0 Å². The van der Waals surface area contributed by atoms with Gasteiger partial charge in [-0.25, -0.2) is 4.98 Å². The molecule has 0 unspecified atom stereocenters. The SMILES string of the molecule is CSCC[C@@H](CO)NC(=O)Cn1cnc2sccc2c1=O. The maximum Gasteiger partial charge on any atom is 0.262 e. The van der Waals surface area contributed by atoms with Crippen molar-refractivity contribution in [2.45, 2.75) is 19.0 Å². The molecule has 0 aromatic carbocycles. The minimum Gasteiger partial charge on any atom is -0.394 e. The van der Waals surface area contributed by atoms with Crippen LogP contribution in [-0.4, -0.2) is 45.2 Å². The molecule has 0 aliphatic rings. The zero-order valence-electron chi connectivity index (χ0n) is 11.6. The van der Waals surface area contributed by atoms with Crippen molar-refractivity contribution in [2.75, 3.05) is 18.6 Å². The van der Waals surface area contributed by atoms with Crippen molar-refractivity contribution in [3.05, 3.63) is 28.1 Å². The Labute approximate surface area is 130 Å². The van der Waals surface area contributed by atoms with Crippen LogP contribution in [0.4, 0.5) is 0 Å². The molecule has 0 aliphatic carbocycles. The zero-order chi connectivity index (χ0) is 15.2. The van der Waals surface area contributed by atoms with Crippen molar-refractivity contribution >= 4 is 39.2 Å². The van der Waals surface area contributed by atoms with Crippen LogP contribution in [0.3, 0.4) is 0 Å². The highest BCUT2D eigenvalue weighted by Crippen LogP contribution is 2.13. The molecule has 1 amide bonds. The fourth-order valence-electron chi connectivity index (χ4n) is 1.90. The Morgan fingerprint density at radius 3 is 3.14 bits per heavy atom. The number of rotatable bonds is 7. The van der Waals surface area contributed by atoms with E-state index in [-0.39, 0.29) is 30.7 Å². The summed E-state index contributed by atoms with van der Waals surface area (Å²) in [4.78, 5) is 28.9. The molecule has 0 bridgehead atoms. The molecular formula is C13H17N3O3S2. The highest BCUT2D eigenvalue weighted by molar-refractivity contribution is 7.98. The molecule has 2 aromatic rings. The second kappa shape index (κ2) is 7.58. The van der Waals surface area contributed by atoms with Crippen molar-refractivity contribution < 1.29 is 9.90 Å². The van der Waals surface area contributed by atoms with Gasteiger partial charge in [0.2, 0.25) is 5.91 Å². The van der Waals surface area contributed by atoms with Gasteiger partial charge in [-0.05, 0) is 29.9 Å². The lowest BCUT2D eigenvalue weighted by molar-refractivity contribution is -0.122. The van der Waals surface area contributed by atoms with Crippen molar-refractivity contribution in [1.29, 1.82) is 0 Å². The van der Waals surface area contributed by atoms with Gasteiger partial charge in [0.1, 0.15) is 11.4 Å². The van der Waals surface area contributed by atoms with E-state index in [0.717, 1.165) is 5.75 Å². The number of nitrogens with one attached hydrogen (secondary N) is 1. The van der Waals surface area contributed by atoms with Gasteiger partial charge in [0, 0.05) is 0 Å². The predicted molar refractivity (Wildman–Crippen MR) is 85.9 cm³/mol. The summed E-state index contributed by atoms with van der Waals surface area (Å²) in [7, 11) is 0. The molecule has 2 aromatic heterocycles. The third kappa shape index (κ3) is 4.05. The van der Waals surface area contributed by atoms with Crippen LogP contribution >= 0.6 is 23.1 Å². The molecule has 0 saturated heterocycles. The number of carbonyl (C=O) groups is 1. The molecule has 0 saturated carbocycles. The monoisotopic (exact) mass is 327 g/mol. The number of fused-ring (bicyclic) bond motifs is 1. The van der Waals surface area contributed by atoms with Crippen molar-refractivity contribution in [3.63, 3.8) is 0 Å². The van der Waals surface area contributed by atoms with E-state index in [4.69, 9.17) is 0 Å². The van der Waals surface area contributed by atoms with Crippen LogP contribution in [-0.2, 0) is 11.3 Å². The van der Waals surface area contributed by atoms with Gasteiger partial charge < -0.3 is 10.4 Å². The van der Waals surface area contributed by atoms with E-state index < -0.39 is 0 Å². The topological polar surface area (TPSA) is 84.2 Å². The first-order valence-corrected chi connectivity index (χ1v) is 8.75. The van der Waals surface area contributed by atoms with Gasteiger partial charge in [0.05, 0.1) is 24.4 Å². The lowest BCUT2D eigenvalue weighted by atomic mass is 10.2. The smallest absolute Gasteiger partial charge is 0.262 e. The molecule has 0 aliphatic heterocycles. The normalized spacial score (nSPS) is 12.5. The molecule has 2 rings (SSSR count). The average molecular weight is 327 g/mol. The number of thiophene rings is 1. The molecule has 1 atom stereocenters. The van der Waals surface area contributed by atoms with Gasteiger partial charge in [-0.3, -0.25) is 14.2 Å². The number of aromatic nitrogens is 2. The van der Waals surface area contributed by atoms with Gasteiger partial charge >= 0.3 is 0 Å². The Balaban J connectivity index is 2.03. The maximum atomic E-state index is 12.1. The second-order valence-corrected chi connectivity index (χ2v) is 6.43. The van der Waals surface area contributed by atoms with E-state index in [2.05, 4.69) is 10.3 Å². The van der Waals surface area contributed by atoms with Crippen LogP contribution in [0.5, 0.6) is 0 Å². The fourth-order valence-corrected chi connectivity index (χ4v) is 3.15. The predicted octanol–water partition coefficient (Wildman–Crippen LogP) is 0.688. The van der Waals surface area contributed by atoms with E-state index in [9.17, 15) is 14.7 Å². The fraction of sp³-hybridized carbons (Fsp3) is 0.462. The quantitative estimate of drug-likeness (QED) is 0.781. The van der Waals surface area contributed by atoms with Crippen molar-refractivity contribution in [3.8, 4) is 0 Å². The van der Waals surface area contributed by atoms with Crippen LogP contribution in [0.1, 0.15) is 6.42 Å². The first-order chi connectivity index (χ1) is 10.2. The molecule has 0 radical (unpaired) electrons. The zero-order valence-corrected chi connectivity index (χ0v) is 13.2. The van der Waals surface area contributed by atoms with E-state index in [1.165, 1.54) is 22.2 Å². The summed E-state index contributed by atoms with van der Waals surface area (Å²) < 4.78 is 1.29. The van der Waals surface area contributed by atoms with Crippen LogP contribution in [0.15, 0.2) is 22.6 Å². The summed E-state index contributed by atoms with van der Waals surface area (Å²) in [6, 6.07) is 1.43. The van der Waals surface area contributed by atoms with Crippen LogP contribution in [0.2, 0.25) is 0 Å². The van der Waals surface area contributed by atoms with Gasteiger partial charge in [-0.1, -0.05) is 0 Å². The Kier molecular flexibility index (Phi) is 5.77. The van der Waals surface area contributed by atoms with Gasteiger partial charge in [0.25, 0.3) is 5.56 Å². The Morgan fingerprint density at radius 1 is 1.62 bits per heavy atom. The Bertz CT molecular complexity index is 668. The standard InChI is InChI=1S/C13H17N3O3S2/c1-20-4-2-9(7-17)15-11(18)6-16-8-14-12-10(13(16)19)3-5-21-12/h3,5,8-9,17H,2,4,6-7H2,1H3,(H,15,18)/t9-/m0/s1. The highest BCUT2D eigenvalue weighted by atomic mass is 32.2. The van der Waals surface area contributed by atoms with Crippen LogP contribution in [0.25, 0.3) is 10.2 Å². The van der Waals surface area contributed by atoms with Crippen molar-refractivity contribution in [2.24, 2.45) is 0 Å². The molecule has 6 nitrogen and oxygen atoms in total. The first-order valence-electron chi connectivity index (χ1n) is 6.47. The van der Waals surface area contributed by atoms with Crippen LogP contribution < -0.4 is 10.9 Å². The summed E-state index contributed by atoms with van der Waals surface area (Å²) in [6.07, 6.45) is 4.05. The second-order valence-electron chi connectivity index (χ2n) is 4.55. The van der Waals surface area contributed by atoms with E-state index in [1.807, 2.05) is 6.26 Å². The minimum atomic E-state index is -0.298. The average Bonchev–Trinajstić information content (AvgIpc) is 2.95. The number of hydrogen-bond acceptors (Lipinski definition) is 6. The number of hydrogen-bond donors (Lipinski definition) is 2. The number of thioether (sulfide) groups is 1. The summed E-state index contributed by atoms with van der Waals surface area (Å²) in [6.45, 7) is -0.198. The largest absolute Gasteiger partial charge is 0.394 e. The van der Waals surface area contributed by atoms with E-state index in [1.54, 1.807) is 23.2 Å². The Hall–Kier alpha value is -1.38. The number of aliphatic hydroxyl groups is 1. The third-order valence-electron chi connectivity index (χ3n) is 3.02. The number of nitrogens with zero attached hydrogens (tertiary/aromatic N) is 2. The lowest BCUT2D eigenvalue weighted by Gasteiger charge is -2.16. The molecule has 114 valence electrons. The molecule has 0 spiro atoms. The maximum absolute atomic E-state index is 12.1. The van der Waals surface area contributed by atoms with Gasteiger partial charge in [-0.2, -0.15) is 11.8 Å². The number of aliphatic hydroxyl groups excluding tert-OH is 1. The van der Waals surface area contributed by atoms with Crippen LogP contribution in [0, 0.1) is 0 Å². The van der Waals surface area contributed by atoms with E-state index >= 15 is 0 Å². The van der Waals surface area contributed by atoms with E-state index in [0.29, 0.717) is 16.6 Å².